The molecule has 2 heteroatoms. The molecule has 0 fully saturated rings. The van der Waals surface area contributed by atoms with Crippen LogP contribution in [0.25, 0.3) is 0 Å². The van der Waals surface area contributed by atoms with Crippen LogP contribution in [0.5, 0.6) is 0 Å². The predicted octanol–water partition coefficient (Wildman–Crippen LogP) is 7.06. The monoisotopic (exact) mass is 358 g/mol. The molecule has 0 nitrogen and oxygen atoms in total. The van der Waals surface area contributed by atoms with Crippen molar-refractivity contribution in [2.24, 2.45) is 0 Å². The van der Waals surface area contributed by atoms with E-state index in [4.69, 9.17) is 0 Å². The van der Waals surface area contributed by atoms with Crippen LogP contribution in [0.4, 0.5) is 0 Å². The van der Waals surface area contributed by atoms with Crippen molar-refractivity contribution in [2.45, 2.75) is 58.0 Å². The van der Waals surface area contributed by atoms with E-state index in [-0.39, 0.29) is 0 Å². The van der Waals surface area contributed by atoms with E-state index in [1.54, 1.807) is 0 Å². The maximum atomic E-state index is 4.15. The minimum atomic E-state index is -1.68. The van der Waals surface area contributed by atoms with E-state index in [1.165, 1.54) is 62.8 Å². The molecule has 0 N–H and O–H groups in total. The second-order valence-electron chi connectivity index (χ2n) is 7.00. The second-order valence-corrected chi connectivity index (χ2v) is 20.1. The van der Waals surface area contributed by atoms with E-state index in [1.807, 2.05) is 0 Å². The van der Waals surface area contributed by atoms with E-state index < -0.39 is 5.31 Å². The SMILES string of the molecule is CCCCCCCCCP(C)(C)(Br)Cc1ccccc1. The Morgan fingerprint density at radius 1 is 0.850 bits per heavy atom. The molecule has 0 saturated carbocycles. The van der Waals surface area contributed by atoms with Gasteiger partial charge in [-0.1, -0.05) is 0 Å². The first-order chi connectivity index (χ1) is 9.41. The predicted molar refractivity (Wildman–Crippen MR) is 101 cm³/mol. The zero-order valence-corrected chi connectivity index (χ0v) is 16.1. The first-order valence-corrected chi connectivity index (χ1v) is 13.7. The topological polar surface area (TPSA) is 0 Å². The van der Waals surface area contributed by atoms with Crippen LogP contribution in [0.2, 0.25) is 0 Å². The van der Waals surface area contributed by atoms with Crippen LogP contribution >= 0.6 is 20.8 Å². The molecule has 1 aromatic rings. The summed E-state index contributed by atoms with van der Waals surface area (Å²) in [5, 5.41) is -1.68. The molecule has 0 unspecified atom stereocenters. The number of hydrogen-bond acceptors (Lipinski definition) is 0. The molecule has 1 rings (SSSR count). The van der Waals surface area contributed by atoms with Crippen molar-refractivity contribution in [3.05, 3.63) is 35.9 Å². The van der Waals surface area contributed by atoms with Gasteiger partial charge in [-0.15, -0.1) is 0 Å². The third kappa shape index (κ3) is 8.42. The summed E-state index contributed by atoms with van der Waals surface area (Å²) in [4.78, 5) is 0. The zero-order valence-electron chi connectivity index (χ0n) is 13.6. The Morgan fingerprint density at radius 2 is 1.40 bits per heavy atom. The van der Waals surface area contributed by atoms with Crippen molar-refractivity contribution >= 4 is 20.8 Å². The fourth-order valence-corrected chi connectivity index (χ4v) is 7.10. The molecule has 0 aromatic heterocycles. The Labute approximate surface area is 134 Å². The van der Waals surface area contributed by atoms with E-state index in [9.17, 15) is 0 Å². The molecule has 0 bridgehead atoms. The molecule has 0 amide bonds. The van der Waals surface area contributed by atoms with Crippen molar-refractivity contribution in [3.8, 4) is 0 Å². The van der Waals surface area contributed by atoms with Gasteiger partial charge in [0.2, 0.25) is 0 Å². The average molecular weight is 359 g/mol. The molecule has 20 heavy (non-hydrogen) atoms. The van der Waals surface area contributed by atoms with Crippen molar-refractivity contribution in [1.82, 2.24) is 0 Å². The number of hydrogen-bond donors (Lipinski definition) is 0. The third-order valence-corrected chi connectivity index (χ3v) is 8.82. The molecule has 0 saturated heterocycles. The molecule has 0 radical (unpaired) electrons. The molecule has 0 aliphatic carbocycles. The van der Waals surface area contributed by atoms with Crippen molar-refractivity contribution in [1.29, 1.82) is 0 Å². The Balaban J connectivity index is 2.28. The second kappa shape index (κ2) is 8.54. The third-order valence-electron chi connectivity index (χ3n) is 3.96. The van der Waals surface area contributed by atoms with Crippen LogP contribution in [0, 0.1) is 0 Å². The van der Waals surface area contributed by atoms with Crippen LogP contribution in [-0.2, 0) is 6.16 Å². The van der Waals surface area contributed by atoms with Gasteiger partial charge >= 0.3 is 134 Å². The molecule has 116 valence electrons. The van der Waals surface area contributed by atoms with Crippen LogP contribution in [0.3, 0.4) is 0 Å². The van der Waals surface area contributed by atoms with Crippen LogP contribution in [0.1, 0.15) is 57.4 Å². The van der Waals surface area contributed by atoms with Crippen molar-refractivity contribution < 1.29 is 0 Å². The number of unbranched alkanes of at least 4 members (excludes halogenated alkanes) is 6. The average Bonchev–Trinajstić information content (AvgIpc) is 2.37. The van der Waals surface area contributed by atoms with E-state index >= 15 is 0 Å². The number of rotatable bonds is 10. The van der Waals surface area contributed by atoms with Gasteiger partial charge in [0.1, 0.15) is 0 Å². The summed E-state index contributed by atoms with van der Waals surface area (Å²) < 4.78 is 0. The summed E-state index contributed by atoms with van der Waals surface area (Å²) in [5.74, 6) is 0. The van der Waals surface area contributed by atoms with Crippen LogP contribution < -0.4 is 0 Å². The summed E-state index contributed by atoms with van der Waals surface area (Å²) in [7, 11) is 0. The molecular weight excluding hydrogens is 327 g/mol. The van der Waals surface area contributed by atoms with Crippen molar-refractivity contribution in [2.75, 3.05) is 19.5 Å². The zero-order chi connectivity index (χ0) is 14.9. The Morgan fingerprint density at radius 3 is 2.00 bits per heavy atom. The normalized spacial score (nSPS) is 13.9. The molecule has 0 spiro atoms. The number of benzene rings is 1. The molecule has 0 aliphatic heterocycles. The molecular formula is C18H32BrP. The van der Waals surface area contributed by atoms with Gasteiger partial charge in [-0.25, -0.2) is 0 Å². The number of halogens is 1. The van der Waals surface area contributed by atoms with Gasteiger partial charge in [-0.3, -0.25) is 0 Å². The summed E-state index contributed by atoms with van der Waals surface area (Å²) in [6.45, 7) is 7.25. The fraction of sp³-hybridized carbons (Fsp3) is 0.667. The Bertz CT molecular complexity index is 364. The summed E-state index contributed by atoms with van der Waals surface area (Å²) >= 11 is 4.15. The molecule has 1 aromatic carbocycles. The summed E-state index contributed by atoms with van der Waals surface area (Å²) in [6.07, 6.45) is 12.4. The Hall–Kier alpha value is 0.130. The fourth-order valence-electron chi connectivity index (χ4n) is 2.78. The molecule has 0 aliphatic rings. The van der Waals surface area contributed by atoms with E-state index in [0.29, 0.717) is 0 Å². The minimum absolute atomic E-state index is 1.22. The van der Waals surface area contributed by atoms with Gasteiger partial charge in [-0.05, 0) is 0 Å². The quantitative estimate of drug-likeness (QED) is 0.310. The first kappa shape index (κ1) is 18.2. The summed E-state index contributed by atoms with van der Waals surface area (Å²) in [6, 6.07) is 10.9. The van der Waals surface area contributed by atoms with Gasteiger partial charge in [0.15, 0.2) is 0 Å². The maximum absolute atomic E-state index is 4.15. The van der Waals surface area contributed by atoms with Gasteiger partial charge < -0.3 is 0 Å². The van der Waals surface area contributed by atoms with Gasteiger partial charge in [0.05, 0.1) is 0 Å². The first-order valence-electron chi connectivity index (χ1n) is 8.17. The van der Waals surface area contributed by atoms with Crippen molar-refractivity contribution in [3.63, 3.8) is 0 Å². The molecule has 0 heterocycles. The standard InChI is InChI=1S/C18H32BrP/c1-4-5-6-7-8-9-13-16-20(2,3,19)17-18-14-11-10-12-15-18/h10-12,14-15H,4-9,13,16-17H2,1-3H3. The van der Waals surface area contributed by atoms with Gasteiger partial charge in [0.25, 0.3) is 0 Å². The van der Waals surface area contributed by atoms with Gasteiger partial charge in [0, 0.05) is 0 Å². The van der Waals surface area contributed by atoms with E-state index in [2.05, 4.69) is 66.1 Å². The van der Waals surface area contributed by atoms with E-state index in [0.717, 1.165) is 0 Å². The summed E-state index contributed by atoms with van der Waals surface area (Å²) in [5.41, 5.74) is 1.48. The van der Waals surface area contributed by atoms with Crippen LogP contribution in [-0.4, -0.2) is 19.5 Å². The van der Waals surface area contributed by atoms with Gasteiger partial charge in [-0.2, -0.15) is 0 Å². The Kier molecular flexibility index (Phi) is 7.77. The molecule has 0 atom stereocenters. The van der Waals surface area contributed by atoms with Crippen LogP contribution in [0.15, 0.2) is 30.3 Å².